The Morgan fingerprint density at radius 2 is 1.49 bits per heavy atom. The standard InChI is InChI=1S/C34H45FN4O4/c35-27-18-13-12-17-26(27)24-36-33(42)28-19-10-5-3-1-2-4-6-11-21-31(40)37-29(34(43)38-28)23-32(41)39-22-14-20-30(39)25-15-8-7-9-16-25/h7-9,12-13,15-18,28-30H,1-6,10-11,14,19-24H2,(H,36,42)(H,37,40)(H,38,43)/t28-,29-,30?/m0/s1. The molecule has 2 saturated heterocycles. The smallest absolute Gasteiger partial charge is 0.243 e. The third kappa shape index (κ3) is 9.90. The highest BCUT2D eigenvalue weighted by Gasteiger charge is 2.34. The molecule has 3 N–H and O–H groups in total. The van der Waals surface area contributed by atoms with Gasteiger partial charge in [-0.05, 0) is 37.3 Å². The minimum absolute atomic E-state index is 0.00758. The molecule has 1 unspecified atom stereocenters. The van der Waals surface area contributed by atoms with E-state index in [1.165, 1.54) is 6.07 Å². The molecule has 0 aromatic heterocycles. The molecule has 232 valence electrons. The Kier molecular flexibility index (Phi) is 12.5. The number of carbonyl (C=O) groups is 4. The van der Waals surface area contributed by atoms with Crippen molar-refractivity contribution in [2.45, 2.75) is 108 Å². The highest BCUT2D eigenvalue weighted by atomic mass is 19.1. The van der Waals surface area contributed by atoms with Crippen molar-refractivity contribution in [3.8, 4) is 0 Å². The van der Waals surface area contributed by atoms with Gasteiger partial charge in [-0.1, -0.05) is 93.5 Å². The molecule has 0 saturated carbocycles. The number of carbonyl (C=O) groups excluding carboxylic acids is 4. The summed E-state index contributed by atoms with van der Waals surface area (Å²) in [6.07, 6.45) is 9.80. The van der Waals surface area contributed by atoms with Crippen molar-refractivity contribution in [1.29, 1.82) is 0 Å². The molecule has 2 aromatic carbocycles. The van der Waals surface area contributed by atoms with Gasteiger partial charge in [0.05, 0.1) is 12.5 Å². The molecule has 0 aliphatic carbocycles. The van der Waals surface area contributed by atoms with Gasteiger partial charge in [-0.3, -0.25) is 19.2 Å². The van der Waals surface area contributed by atoms with E-state index in [0.717, 1.165) is 69.8 Å². The van der Waals surface area contributed by atoms with Crippen molar-refractivity contribution in [3.05, 3.63) is 71.5 Å². The van der Waals surface area contributed by atoms with Gasteiger partial charge in [-0.15, -0.1) is 0 Å². The summed E-state index contributed by atoms with van der Waals surface area (Å²) < 4.78 is 14.2. The topological polar surface area (TPSA) is 108 Å². The molecular weight excluding hydrogens is 547 g/mol. The molecule has 0 spiro atoms. The second-order valence-corrected chi connectivity index (χ2v) is 11.7. The van der Waals surface area contributed by atoms with Gasteiger partial charge in [-0.25, -0.2) is 4.39 Å². The van der Waals surface area contributed by atoms with E-state index in [4.69, 9.17) is 0 Å². The zero-order valence-electron chi connectivity index (χ0n) is 25.0. The minimum atomic E-state index is -1.10. The van der Waals surface area contributed by atoms with E-state index in [1.807, 2.05) is 30.3 Å². The lowest BCUT2D eigenvalue weighted by atomic mass is 10.0. The molecule has 3 atom stereocenters. The Morgan fingerprint density at radius 1 is 0.814 bits per heavy atom. The van der Waals surface area contributed by atoms with Crippen LogP contribution in [0.15, 0.2) is 54.6 Å². The van der Waals surface area contributed by atoms with E-state index in [-0.39, 0.29) is 37.2 Å². The van der Waals surface area contributed by atoms with Crippen LogP contribution in [0.4, 0.5) is 4.39 Å². The summed E-state index contributed by atoms with van der Waals surface area (Å²) in [5, 5.41) is 8.39. The maximum atomic E-state index is 14.2. The van der Waals surface area contributed by atoms with Crippen LogP contribution in [0.1, 0.15) is 101 Å². The molecular formula is C34H45FN4O4. The lowest BCUT2D eigenvalue weighted by Crippen LogP contribution is -2.54. The Bertz CT molecular complexity index is 1220. The monoisotopic (exact) mass is 592 g/mol. The molecule has 2 aliphatic rings. The normalized spacial score (nSPS) is 22.8. The number of rotatable bonds is 6. The first-order valence-electron chi connectivity index (χ1n) is 15.9. The molecule has 4 rings (SSSR count). The number of hydrogen-bond acceptors (Lipinski definition) is 4. The van der Waals surface area contributed by atoms with E-state index >= 15 is 0 Å². The summed E-state index contributed by atoms with van der Waals surface area (Å²) in [4.78, 5) is 55.2. The van der Waals surface area contributed by atoms with E-state index < -0.39 is 29.7 Å². The zero-order valence-corrected chi connectivity index (χ0v) is 25.0. The fourth-order valence-corrected chi connectivity index (χ4v) is 6.04. The van der Waals surface area contributed by atoms with Crippen LogP contribution < -0.4 is 16.0 Å². The number of nitrogens with zero attached hydrogens (tertiary/aromatic N) is 1. The fourth-order valence-electron chi connectivity index (χ4n) is 6.04. The number of amides is 4. The average Bonchev–Trinajstić information content (AvgIpc) is 3.51. The van der Waals surface area contributed by atoms with Gasteiger partial charge in [-0.2, -0.15) is 0 Å². The largest absolute Gasteiger partial charge is 0.350 e. The van der Waals surface area contributed by atoms with Crippen LogP contribution >= 0.6 is 0 Å². The molecule has 8 nitrogen and oxygen atoms in total. The maximum Gasteiger partial charge on any atom is 0.243 e. The average molecular weight is 593 g/mol. The highest BCUT2D eigenvalue weighted by molar-refractivity contribution is 5.95. The van der Waals surface area contributed by atoms with Crippen LogP contribution in [-0.2, 0) is 25.7 Å². The van der Waals surface area contributed by atoms with Crippen LogP contribution in [0.5, 0.6) is 0 Å². The van der Waals surface area contributed by atoms with E-state index in [9.17, 15) is 23.6 Å². The van der Waals surface area contributed by atoms with Crippen molar-refractivity contribution in [2.75, 3.05) is 6.54 Å². The third-order valence-corrected chi connectivity index (χ3v) is 8.48. The van der Waals surface area contributed by atoms with Gasteiger partial charge in [0, 0.05) is 25.1 Å². The van der Waals surface area contributed by atoms with Crippen molar-refractivity contribution in [3.63, 3.8) is 0 Å². The molecule has 0 bridgehead atoms. The summed E-state index contributed by atoms with van der Waals surface area (Å²) in [5.41, 5.74) is 1.40. The number of hydrogen-bond donors (Lipinski definition) is 3. The Labute approximate surface area is 254 Å². The summed E-state index contributed by atoms with van der Waals surface area (Å²) in [7, 11) is 0. The van der Waals surface area contributed by atoms with Gasteiger partial charge in [0.2, 0.25) is 23.6 Å². The minimum Gasteiger partial charge on any atom is -0.350 e. The predicted molar refractivity (Wildman–Crippen MR) is 163 cm³/mol. The molecule has 2 fully saturated rings. The molecule has 9 heteroatoms. The molecule has 2 aromatic rings. The number of nitrogens with one attached hydrogen (secondary N) is 3. The van der Waals surface area contributed by atoms with Crippen molar-refractivity contribution >= 4 is 23.6 Å². The molecule has 2 heterocycles. The predicted octanol–water partition coefficient (Wildman–Crippen LogP) is 5.08. The second kappa shape index (κ2) is 16.8. The van der Waals surface area contributed by atoms with Crippen molar-refractivity contribution < 1.29 is 23.6 Å². The molecule has 43 heavy (non-hydrogen) atoms. The van der Waals surface area contributed by atoms with Gasteiger partial charge < -0.3 is 20.9 Å². The summed E-state index contributed by atoms with van der Waals surface area (Å²) in [5.74, 6) is -1.88. The third-order valence-electron chi connectivity index (χ3n) is 8.48. The summed E-state index contributed by atoms with van der Waals surface area (Å²) >= 11 is 0. The van der Waals surface area contributed by atoms with Gasteiger partial charge in [0.1, 0.15) is 17.9 Å². The lowest BCUT2D eigenvalue weighted by molar-refractivity contribution is -0.137. The summed E-state index contributed by atoms with van der Waals surface area (Å²) in [6.45, 7) is 0.577. The Hall–Kier alpha value is -3.75. The van der Waals surface area contributed by atoms with Crippen LogP contribution in [0, 0.1) is 5.82 Å². The van der Waals surface area contributed by atoms with Crippen LogP contribution in [-0.4, -0.2) is 47.2 Å². The molecule has 0 radical (unpaired) electrons. The number of benzene rings is 2. The van der Waals surface area contributed by atoms with E-state index in [1.54, 1.807) is 23.1 Å². The second-order valence-electron chi connectivity index (χ2n) is 11.7. The quantitative estimate of drug-likeness (QED) is 0.435. The first-order chi connectivity index (χ1) is 20.9. The maximum absolute atomic E-state index is 14.2. The van der Waals surface area contributed by atoms with Crippen LogP contribution in [0.3, 0.4) is 0 Å². The van der Waals surface area contributed by atoms with Crippen LogP contribution in [0.2, 0.25) is 0 Å². The Morgan fingerprint density at radius 3 is 2.23 bits per heavy atom. The number of halogens is 1. The summed E-state index contributed by atoms with van der Waals surface area (Å²) in [6, 6.07) is 14.0. The van der Waals surface area contributed by atoms with E-state index in [2.05, 4.69) is 16.0 Å². The van der Waals surface area contributed by atoms with Gasteiger partial charge in [0.25, 0.3) is 0 Å². The van der Waals surface area contributed by atoms with Crippen LogP contribution in [0.25, 0.3) is 0 Å². The first kappa shape index (κ1) is 32.2. The molecule has 4 amide bonds. The SMILES string of the molecule is O=C1CCCCCCCCCC[C@@H](C(=O)NCc2ccccc2F)NC(=O)[C@H](CC(=O)N2CCCC2c2ccccc2)N1. The molecule has 2 aliphatic heterocycles. The lowest BCUT2D eigenvalue weighted by Gasteiger charge is -2.28. The van der Waals surface area contributed by atoms with Gasteiger partial charge >= 0.3 is 0 Å². The first-order valence-corrected chi connectivity index (χ1v) is 15.9. The highest BCUT2D eigenvalue weighted by Crippen LogP contribution is 2.32. The van der Waals surface area contributed by atoms with Gasteiger partial charge in [0.15, 0.2) is 0 Å². The van der Waals surface area contributed by atoms with E-state index in [0.29, 0.717) is 18.5 Å². The number of likely N-dealkylation sites (tertiary alicyclic amines) is 1. The van der Waals surface area contributed by atoms with Crippen molar-refractivity contribution in [1.82, 2.24) is 20.9 Å². The van der Waals surface area contributed by atoms with Crippen molar-refractivity contribution in [2.24, 2.45) is 0 Å². The zero-order chi connectivity index (χ0) is 30.4. The fraction of sp³-hybridized carbons (Fsp3) is 0.529. The Balaban J connectivity index is 1.48.